The summed E-state index contributed by atoms with van der Waals surface area (Å²) in [4.78, 5) is 22.0. The Kier molecular flexibility index (Phi) is 10.6. The number of nitrogens with zero attached hydrogens (tertiary/aromatic N) is 1. The molecule has 0 aliphatic rings. The number of ether oxygens (including phenoxy) is 1. The first-order chi connectivity index (χ1) is 15.0. The zero-order chi connectivity index (χ0) is 22.5. The van der Waals surface area contributed by atoms with Gasteiger partial charge in [0.15, 0.2) is 5.75 Å². The van der Waals surface area contributed by atoms with Crippen LogP contribution in [-0.2, 0) is 0 Å². The molecule has 0 aromatic heterocycles. The van der Waals surface area contributed by atoms with Crippen LogP contribution in [0.4, 0.5) is 5.69 Å². The van der Waals surface area contributed by atoms with Crippen molar-refractivity contribution in [3.05, 3.63) is 58.1 Å². The molecule has 6 heteroatoms. The minimum Gasteiger partial charge on any atom is -0.487 e. The van der Waals surface area contributed by atoms with Gasteiger partial charge in [0.05, 0.1) is 17.1 Å². The van der Waals surface area contributed by atoms with Crippen LogP contribution < -0.4 is 4.74 Å². The monoisotopic (exact) mass is 427 g/mol. The molecule has 6 nitrogen and oxygen atoms in total. The Balaban J connectivity index is 1.80. The zero-order valence-corrected chi connectivity index (χ0v) is 18.3. The lowest BCUT2D eigenvalue weighted by molar-refractivity contribution is -0.385. The molecule has 2 aromatic rings. The maximum Gasteiger partial charge on any atom is 0.335 e. The van der Waals surface area contributed by atoms with E-state index in [1.165, 1.54) is 69.6 Å². The second-order valence-corrected chi connectivity index (χ2v) is 7.85. The number of hydrogen-bond acceptors (Lipinski definition) is 4. The third-order valence-electron chi connectivity index (χ3n) is 5.38. The Morgan fingerprint density at radius 2 is 1.42 bits per heavy atom. The van der Waals surface area contributed by atoms with Crippen molar-refractivity contribution in [2.24, 2.45) is 0 Å². The van der Waals surface area contributed by atoms with Gasteiger partial charge in [-0.25, -0.2) is 4.79 Å². The number of carbonyl (C=O) groups is 1. The first kappa shape index (κ1) is 24.4. The first-order valence-corrected chi connectivity index (χ1v) is 11.3. The van der Waals surface area contributed by atoms with E-state index in [-0.39, 0.29) is 17.0 Å². The lowest BCUT2D eigenvalue weighted by atomic mass is 10.0. The van der Waals surface area contributed by atoms with Crippen molar-refractivity contribution in [1.29, 1.82) is 0 Å². The maximum absolute atomic E-state index is 11.5. The van der Waals surface area contributed by atoms with Gasteiger partial charge in [-0.05, 0) is 35.7 Å². The van der Waals surface area contributed by atoms with Gasteiger partial charge in [-0.15, -0.1) is 0 Å². The molecule has 0 fully saturated rings. The number of carboxylic acid groups (broad SMARTS) is 1. The van der Waals surface area contributed by atoms with Crippen LogP contribution in [0.25, 0.3) is 11.1 Å². The van der Waals surface area contributed by atoms with Crippen molar-refractivity contribution in [2.75, 3.05) is 6.61 Å². The Morgan fingerprint density at radius 3 is 1.97 bits per heavy atom. The van der Waals surface area contributed by atoms with Crippen LogP contribution in [0.2, 0.25) is 0 Å². The van der Waals surface area contributed by atoms with Crippen LogP contribution in [-0.4, -0.2) is 22.6 Å². The van der Waals surface area contributed by atoms with Gasteiger partial charge in [0.25, 0.3) is 0 Å². The highest BCUT2D eigenvalue weighted by Gasteiger charge is 2.17. The number of nitro groups is 1. The standard InChI is InChI=1S/C25H33NO5/c1-2-3-4-5-6-7-8-9-10-11-18-31-24-17-16-22(19-23(24)26(29)30)20-12-14-21(15-13-20)25(27)28/h12-17,19H,2-11,18H2,1H3,(H,27,28). The molecule has 2 rings (SSSR count). The fourth-order valence-corrected chi connectivity index (χ4v) is 3.54. The average Bonchev–Trinajstić information content (AvgIpc) is 2.77. The minimum atomic E-state index is -1.01. The fraction of sp³-hybridized carbons (Fsp3) is 0.480. The van der Waals surface area contributed by atoms with Crippen LogP contribution in [0.1, 0.15) is 81.5 Å². The van der Waals surface area contributed by atoms with E-state index < -0.39 is 10.9 Å². The highest BCUT2D eigenvalue weighted by atomic mass is 16.6. The van der Waals surface area contributed by atoms with Crippen molar-refractivity contribution < 1.29 is 19.6 Å². The zero-order valence-electron chi connectivity index (χ0n) is 18.3. The fourth-order valence-electron chi connectivity index (χ4n) is 3.54. The SMILES string of the molecule is CCCCCCCCCCCCOc1ccc(-c2ccc(C(=O)O)cc2)cc1[N+](=O)[O-]. The van der Waals surface area contributed by atoms with E-state index in [4.69, 9.17) is 9.84 Å². The second-order valence-electron chi connectivity index (χ2n) is 7.85. The van der Waals surface area contributed by atoms with Crippen LogP contribution in [0, 0.1) is 10.1 Å². The van der Waals surface area contributed by atoms with E-state index in [2.05, 4.69) is 6.92 Å². The quantitative estimate of drug-likeness (QED) is 0.183. The van der Waals surface area contributed by atoms with Gasteiger partial charge in [0.2, 0.25) is 0 Å². The number of benzene rings is 2. The molecule has 0 saturated carbocycles. The van der Waals surface area contributed by atoms with E-state index in [1.54, 1.807) is 24.3 Å². The van der Waals surface area contributed by atoms with Crippen LogP contribution in [0.3, 0.4) is 0 Å². The van der Waals surface area contributed by atoms with Gasteiger partial charge in [-0.3, -0.25) is 10.1 Å². The lowest BCUT2D eigenvalue weighted by Gasteiger charge is -2.09. The van der Waals surface area contributed by atoms with Gasteiger partial charge in [0, 0.05) is 6.07 Å². The Labute approximate surface area is 184 Å². The number of nitro benzene ring substituents is 1. The highest BCUT2D eigenvalue weighted by molar-refractivity contribution is 5.88. The molecule has 0 heterocycles. The molecule has 0 saturated heterocycles. The smallest absolute Gasteiger partial charge is 0.335 e. The number of carboxylic acids is 1. The van der Waals surface area contributed by atoms with Crippen molar-refractivity contribution in [1.82, 2.24) is 0 Å². The number of aromatic carboxylic acids is 1. The van der Waals surface area contributed by atoms with Gasteiger partial charge < -0.3 is 9.84 Å². The molecule has 0 unspecified atom stereocenters. The summed E-state index contributed by atoms with van der Waals surface area (Å²) in [5.41, 5.74) is 1.46. The van der Waals surface area contributed by atoms with Crippen molar-refractivity contribution in [3.63, 3.8) is 0 Å². The summed E-state index contributed by atoms with van der Waals surface area (Å²) in [5, 5.41) is 20.5. The molecule has 2 aromatic carbocycles. The van der Waals surface area contributed by atoms with Gasteiger partial charge in [-0.2, -0.15) is 0 Å². The Hall–Kier alpha value is -2.89. The van der Waals surface area contributed by atoms with E-state index in [9.17, 15) is 14.9 Å². The van der Waals surface area contributed by atoms with E-state index in [1.807, 2.05) is 0 Å². The van der Waals surface area contributed by atoms with E-state index in [0.717, 1.165) is 12.8 Å². The molecule has 0 bridgehead atoms. The van der Waals surface area contributed by atoms with Gasteiger partial charge in [-0.1, -0.05) is 82.9 Å². The molecular formula is C25H33NO5. The van der Waals surface area contributed by atoms with E-state index >= 15 is 0 Å². The van der Waals surface area contributed by atoms with Crippen molar-refractivity contribution in [2.45, 2.75) is 71.1 Å². The molecular weight excluding hydrogens is 394 g/mol. The molecule has 168 valence electrons. The van der Waals surface area contributed by atoms with Crippen molar-refractivity contribution in [3.8, 4) is 16.9 Å². The summed E-state index contributed by atoms with van der Waals surface area (Å²) >= 11 is 0. The summed E-state index contributed by atoms with van der Waals surface area (Å²) < 4.78 is 5.69. The van der Waals surface area contributed by atoms with Crippen LogP contribution >= 0.6 is 0 Å². The summed E-state index contributed by atoms with van der Waals surface area (Å²) in [6.07, 6.45) is 12.2. The summed E-state index contributed by atoms with van der Waals surface area (Å²) in [6.45, 7) is 2.69. The number of hydrogen-bond donors (Lipinski definition) is 1. The van der Waals surface area contributed by atoms with Gasteiger partial charge in [0.1, 0.15) is 0 Å². The van der Waals surface area contributed by atoms with Crippen LogP contribution in [0.15, 0.2) is 42.5 Å². The third-order valence-corrected chi connectivity index (χ3v) is 5.38. The minimum absolute atomic E-state index is 0.0770. The number of unbranched alkanes of at least 4 members (excludes halogenated alkanes) is 9. The summed E-state index contributed by atoms with van der Waals surface area (Å²) in [6, 6.07) is 11.1. The summed E-state index contributed by atoms with van der Waals surface area (Å²) in [7, 11) is 0. The largest absolute Gasteiger partial charge is 0.487 e. The topological polar surface area (TPSA) is 89.7 Å². The molecule has 0 spiro atoms. The molecule has 0 amide bonds. The maximum atomic E-state index is 11.5. The molecule has 0 aliphatic carbocycles. The highest BCUT2D eigenvalue weighted by Crippen LogP contribution is 2.32. The number of rotatable bonds is 15. The molecule has 31 heavy (non-hydrogen) atoms. The normalized spacial score (nSPS) is 10.7. The average molecular weight is 428 g/mol. The van der Waals surface area contributed by atoms with E-state index in [0.29, 0.717) is 17.7 Å². The first-order valence-electron chi connectivity index (χ1n) is 11.3. The summed E-state index contributed by atoms with van der Waals surface area (Å²) in [5.74, 6) is -0.736. The third kappa shape index (κ3) is 8.40. The molecule has 0 aliphatic heterocycles. The Morgan fingerprint density at radius 1 is 0.871 bits per heavy atom. The van der Waals surface area contributed by atoms with Crippen molar-refractivity contribution >= 4 is 11.7 Å². The molecule has 0 radical (unpaired) electrons. The van der Waals surface area contributed by atoms with Gasteiger partial charge >= 0.3 is 11.7 Å². The molecule has 1 N–H and O–H groups in total. The van der Waals surface area contributed by atoms with Crippen LogP contribution in [0.5, 0.6) is 5.75 Å². The lowest BCUT2D eigenvalue weighted by Crippen LogP contribution is -2.01. The Bertz CT molecular complexity index is 832. The predicted octanol–water partition coefficient (Wildman–Crippen LogP) is 7.26. The molecule has 0 atom stereocenters. The predicted molar refractivity (Wildman–Crippen MR) is 123 cm³/mol. The second kappa shape index (κ2) is 13.4.